The number of nitrogens with zero attached hydrogens (tertiary/aromatic N) is 1. The molecule has 1 aliphatic heterocycles. The van der Waals surface area contributed by atoms with E-state index in [2.05, 4.69) is 10.6 Å². The van der Waals surface area contributed by atoms with E-state index < -0.39 is 4.92 Å². The second kappa shape index (κ2) is 7.03. The van der Waals surface area contributed by atoms with Gasteiger partial charge in [0.1, 0.15) is 0 Å². The molecule has 114 valence electrons. The molecule has 1 amide bonds. The predicted octanol–water partition coefficient (Wildman–Crippen LogP) is 1.23. The van der Waals surface area contributed by atoms with E-state index in [9.17, 15) is 14.9 Å². The summed E-state index contributed by atoms with van der Waals surface area (Å²) >= 11 is 0. The van der Waals surface area contributed by atoms with Gasteiger partial charge in [-0.1, -0.05) is 12.1 Å². The number of carbonyl (C=O) groups is 1. The smallest absolute Gasteiger partial charge is 0.310 e. The van der Waals surface area contributed by atoms with Crippen LogP contribution in [0.4, 0.5) is 5.69 Å². The number of ether oxygens (including phenoxy) is 1. The van der Waals surface area contributed by atoms with Crippen LogP contribution in [0.3, 0.4) is 0 Å². The molecule has 0 saturated carbocycles. The summed E-state index contributed by atoms with van der Waals surface area (Å²) in [5, 5.41) is 17.0. The average molecular weight is 293 g/mol. The van der Waals surface area contributed by atoms with E-state index in [1.807, 2.05) is 6.92 Å². The molecule has 1 heterocycles. The molecule has 2 rings (SSSR count). The van der Waals surface area contributed by atoms with Gasteiger partial charge in [0.25, 0.3) is 5.91 Å². The summed E-state index contributed by atoms with van der Waals surface area (Å²) in [6, 6.07) is 6.30. The highest BCUT2D eigenvalue weighted by atomic mass is 16.6. The number of carbonyl (C=O) groups excluding carboxylic acids is 1. The lowest BCUT2D eigenvalue weighted by Gasteiger charge is -2.30. The first-order valence-electron chi connectivity index (χ1n) is 6.97. The Balaban J connectivity index is 1.88. The molecule has 0 radical (unpaired) electrons. The Morgan fingerprint density at radius 2 is 2.29 bits per heavy atom. The van der Waals surface area contributed by atoms with Crippen molar-refractivity contribution in [2.75, 3.05) is 13.2 Å². The molecular weight excluding hydrogens is 274 g/mol. The predicted molar refractivity (Wildman–Crippen MR) is 77.2 cm³/mol. The van der Waals surface area contributed by atoms with Crippen LogP contribution in [0.25, 0.3) is 0 Å². The second-order valence-electron chi connectivity index (χ2n) is 5.07. The minimum atomic E-state index is -0.527. The summed E-state index contributed by atoms with van der Waals surface area (Å²) in [6.45, 7) is 2.75. The Labute approximate surface area is 122 Å². The Morgan fingerprint density at radius 3 is 3.00 bits per heavy atom. The Bertz CT molecular complexity index is 521. The third-order valence-electron chi connectivity index (χ3n) is 3.53. The molecule has 1 aliphatic rings. The fourth-order valence-corrected chi connectivity index (χ4v) is 2.36. The van der Waals surface area contributed by atoms with Gasteiger partial charge in [-0.2, -0.15) is 0 Å². The largest absolute Gasteiger partial charge is 0.477 e. The average Bonchev–Trinajstić information content (AvgIpc) is 2.48. The van der Waals surface area contributed by atoms with Crippen molar-refractivity contribution in [2.24, 2.45) is 0 Å². The highest BCUT2D eigenvalue weighted by Gasteiger charge is 2.23. The number of nitro groups is 1. The van der Waals surface area contributed by atoms with Crippen LogP contribution >= 0.6 is 0 Å². The topological polar surface area (TPSA) is 93.5 Å². The van der Waals surface area contributed by atoms with Gasteiger partial charge in [0.2, 0.25) is 0 Å². The van der Waals surface area contributed by atoms with E-state index in [1.165, 1.54) is 12.1 Å². The lowest BCUT2D eigenvalue weighted by Crippen LogP contribution is -2.52. The zero-order valence-electron chi connectivity index (χ0n) is 11.9. The lowest BCUT2D eigenvalue weighted by molar-refractivity contribution is -0.385. The Morgan fingerprint density at radius 1 is 1.52 bits per heavy atom. The van der Waals surface area contributed by atoms with Crippen molar-refractivity contribution >= 4 is 11.6 Å². The summed E-state index contributed by atoms with van der Waals surface area (Å²) in [4.78, 5) is 22.2. The van der Waals surface area contributed by atoms with Crippen molar-refractivity contribution in [3.8, 4) is 5.75 Å². The maximum atomic E-state index is 11.9. The second-order valence-corrected chi connectivity index (χ2v) is 5.07. The number of nitro benzene ring substituents is 1. The monoisotopic (exact) mass is 293 g/mol. The SMILES string of the molecule is CC1NCCCC1NC(=O)COc1ccccc1[N+](=O)[O-]. The molecule has 0 spiro atoms. The molecule has 21 heavy (non-hydrogen) atoms. The molecule has 1 saturated heterocycles. The zero-order chi connectivity index (χ0) is 15.2. The maximum Gasteiger partial charge on any atom is 0.310 e. The molecule has 0 bridgehead atoms. The lowest BCUT2D eigenvalue weighted by atomic mass is 10.00. The molecule has 0 aliphatic carbocycles. The first-order valence-corrected chi connectivity index (χ1v) is 6.97. The summed E-state index contributed by atoms with van der Waals surface area (Å²) in [6.07, 6.45) is 1.94. The first kappa shape index (κ1) is 15.2. The van der Waals surface area contributed by atoms with Crippen LogP contribution in [0, 0.1) is 10.1 Å². The van der Waals surface area contributed by atoms with Gasteiger partial charge in [-0.15, -0.1) is 0 Å². The van der Waals surface area contributed by atoms with Crippen LogP contribution in [0.15, 0.2) is 24.3 Å². The molecule has 1 aromatic carbocycles. The molecule has 7 heteroatoms. The molecular formula is C14H19N3O4. The number of piperidine rings is 1. The van der Waals surface area contributed by atoms with Gasteiger partial charge in [-0.05, 0) is 32.4 Å². The van der Waals surface area contributed by atoms with Crippen LogP contribution in [0.2, 0.25) is 0 Å². The summed E-state index contributed by atoms with van der Waals surface area (Å²) in [7, 11) is 0. The Kier molecular flexibility index (Phi) is 5.10. The molecule has 2 N–H and O–H groups in total. The fourth-order valence-electron chi connectivity index (χ4n) is 2.36. The third-order valence-corrected chi connectivity index (χ3v) is 3.53. The van der Waals surface area contributed by atoms with E-state index in [0.717, 1.165) is 19.4 Å². The highest BCUT2D eigenvalue weighted by Crippen LogP contribution is 2.25. The van der Waals surface area contributed by atoms with Gasteiger partial charge in [-0.3, -0.25) is 14.9 Å². The van der Waals surface area contributed by atoms with Gasteiger partial charge < -0.3 is 15.4 Å². The number of rotatable bonds is 5. The maximum absolute atomic E-state index is 11.9. The number of nitrogens with one attached hydrogen (secondary N) is 2. The van der Waals surface area contributed by atoms with E-state index in [0.29, 0.717) is 0 Å². The van der Waals surface area contributed by atoms with Gasteiger partial charge in [0.15, 0.2) is 12.4 Å². The third kappa shape index (κ3) is 4.16. The van der Waals surface area contributed by atoms with Crippen LogP contribution in [0.5, 0.6) is 5.75 Å². The number of amides is 1. The van der Waals surface area contributed by atoms with Crippen LogP contribution in [0.1, 0.15) is 19.8 Å². The zero-order valence-corrected chi connectivity index (χ0v) is 11.9. The van der Waals surface area contributed by atoms with Gasteiger partial charge in [0, 0.05) is 18.2 Å². The molecule has 2 unspecified atom stereocenters. The molecule has 1 fully saturated rings. The van der Waals surface area contributed by atoms with Crippen LogP contribution < -0.4 is 15.4 Å². The van der Waals surface area contributed by atoms with E-state index >= 15 is 0 Å². The molecule has 1 aromatic rings. The van der Waals surface area contributed by atoms with Crippen molar-refractivity contribution in [3.63, 3.8) is 0 Å². The fraction of sp³-hybridized carbons (Fsp3) is 0.500. The highest BCUT2D eigenvalue weighted by molar-refractivity contribution is 5.78. The van der Waals surface area contributed by atoms with E-state index in [4.69, 9.17) is 4.74 Å². The van der Waals surface area contributed by atoms with Crippen molar-refractivity contribution in [2.45, 2.75) is 31.8 Å². The van der Waals surface area contributed by atoms with Crippen molar-refractivity contribution in [1.82, 2.24) is 10.6 Å². The minimum absolute atomic E-state index is 0.0700. The molecule has 0 aromatic heterocycles. The number of benzene rings is 1. The Hall–Kier alpha value is -2.15. The van der Waals surface area contributed by atoms with Gasteiger partial charge in [-0.25, -0.2) is 0 Å². The number of para-hydroxylation sites is 2. The normalized spacial score (nSPS) is 21.6. The van der Waals surface area contributed by atoms with Crippen molar-refractivity contribution in [3.05, 3.63) is 34.4 Å². The van der Waals surface area contributed by atoms with Gasteiger partial charge in [0.05, 0.1) is 4.92 Å². The van der Waals surface area contributed by atoms with E-state index in [-0.39, 0.29) is 36.0 Å². The summed E-state index contributed by atoms with van der Waals surface area (Å²) < 4.78 is 5.26. The number of hydrogen-bond acceptors (Lipinski definition) is 5. The molecule has 2 atom stereocenters. The van der Waals surface area contributed by atoms with Crippen LogP contribution in [-0.4, -0.2) is 36.1 Å². The standard InChI is InChI=1S/C14H19N3O4/c1-10-11(5-4-8-15-10)16-14(18)9-21-13-7-3-2-6-12(13)17(19)20/h2-3,6-7,10-11,15H,4-5,8-9H2,1H3,(H,16,18). The summed E-state index contributed by atoms with van der Waals surface area (Å²) in [5.74, 6) is -0.166. The van der Waals surface area contributed by atoms with Crippen molar-refractivity contribution in [1.29, 1.82) is 0 Å². The minimum Gasteiger partial charge on any atom is -0.477 e. The number of hydrogen-bond donors (Lipinski definition) is 2. The molecule has 7 nitrogen and oxygen atoms in total. The van der Waals surface area contributed by atoms with Gasteiger partial charge >= 0.3 is 5.69 Å². The van der Waals surface area contributed by atoms with Crippen LogP contribution in [-0.2, 0) is 4.79 Å². The first-order chi connectivity index (χ1) is 10.1. The van der Waals surface area contributed by atoms with E-state index in [1.54, 1.807) is 12.1 Å². The van der Waals surface area contributed by atoms with Crippen molar-refractivity contribution < 1.29 is 14.5 Å². The quantitative estimate of drug-likeness (QED) is 0.629. The summed E-state index contributed by atoms with van der Waals surface area (Å²) in [5.41, 5.74) is -0.141.